The van der Waals surface area contributed by atoms with Crippen LogP contribution in [0.1, 0.15) is 56.6 Å². The van der Waals surface area contributed by atoms with Crippen LogP contribution in [0.3, 0.4) is 0 Å². The predicted molar refractivity (Wildman–Crippen MR) is 82.1 cm³/mol. The first-order valence-corrected chi connectivity index (χ1v) is 7.81. The summed E-state index contributed by atoms with van der Waals surface area (Å²) >= 11 is 0. The number of nitrogens with one attached hydrogen (secondary N) is 2. The number of anilines is 1. The van der Waals surface area contributed by atoms with Gasteiger partial charge in [-0.25, -0.2) is 0 Å². The van der Waals surface area contributed by atoms with Crippen molar-refractivity contribution in [2.75, 3.05) is 19.0 Å². The number of nitrogens with zero attached hydrogens (tertiary/aromatic N) is 1. The average Bonchev–Trinajstić information content (AvgIpc) is 2.77. The van der Waals surface area contributed by atoms with Crippen LogP contribution in [0, 0.1) is 0 Å². The first kappa shape index (κ1) is 16.0. The zero-order valence-corrected chi connectivity index (χ0v) is 12.7. The summed E-state index contributed by atoms with van der Waals surface area (Å²) in [5.41, 5.74) is 6.65. The highest BCUT2D eigenvalue weighted by Crippen LogP contribution is 2.31. The van der Waals surface area contributed by atoms with Crippen LogP contribution < -0.4 is 11.1 Å². The molecular formula is C15H26N4O2. The van der Waals surface area contributed by atoms with E-state index >= 15 is 0 Å². The molecular weight excluding hydrogens is 268 g/mol. The number of carbonyl (C=O) groups is 1. The van der Waals surface area contributed by atoms with Crippen LogP contribution in [0.25, 0.3) is 0 Å². The standard InChI is InChI=1S/C15H26N4O2/c1-21-12(10-16)8-15(20)17-14-9-13(18-19-14)11-6-4-2-3-5-7-11/h9,11-12H,2-8,10,16H2,1H3,(H2,17,18,19,20). The fourth-order valence-corrected chi connectivity index (χ4v) is 2.86. The van der Waals surface area contributed by atoms with Crippen molar-refractivity contribution in [1.82, 2.24) is 10.2 Å². The van der Waals surface area contributed by atoms with Crippen molar-refractivity contribution in [2.45, 2.75) is 57.0 Å². The molecule has 2 rings (SSSR count). The third-order valence-electron chi connectivity index (χ3n) is 4.17. The molecule has 1 aliphatic carbocycles. The number of ether oxygens (including phenoxy) is 1. The molecule has 6 heteroatoms. The summed E-state index contributed by atoms with van der Waals surface area (Å²) in [6, 6.07) is 1.96. The SMILES string of the molecule is COC(CN)CC(=O)Nc1cc(C2CCCCCC2)[nH]n1. The van der Waals surface area contributed by atoms with Crippen LogP contribution in [0.15, 0.2) is 6.07 Å². The summed E-state index contributed by atoms with van der Waals surface area (Å²) in [6.07, 6.45) is 7.61. The summed E-state index contributed by atoms with van der Waals surface area (Å²) in [7, 11) is 1.56. The van der Waals surface area contributed by atoms with Crippen molar-refractivity contribution in [3.8, 4) is 0 Å². The second-order valence-electron chi connectivity index (χ2n) is 5.74. The van der Waals surface area contributed by atoms with Crippen molar-refractivity contribution in [3.05, 3.63) is 11.8 Å². The molecule has 1 aromatic heterocycles. The Balaban J connectivity index is 1.88. The Hall–Kier alpha value is -1.40. The minimum absolute atomic E-state index is 0.119. The van der Waals surface area contributed by atoms with E-state index < -0.39 is 0 Å². The molecule has 0 spiro atoms. The molecule has 1 fully saturated rings. The quantitative estimate of drug-likeness (QED) is 0.701. The van der Waals surface area contributed by atoms with Crippen molar-refractivity contribution in [2.24, 2.45) is 5.73 Å². The van der Waals surface area contributed by atoms with Gasteiger partial charge in [0.15, 0.2) is 5.82 Å². The number of rotatable bonds is 6. The van der Waals surface area contributed by atoms with Gasteiger partial charge in [0, 0.05) is 31.3 Å². The smallest absolute Gasteiger partial charge is 0.228 e. The van der Waals surface area contributed by atoms with E-state index in [0.29, 0.717) is 18.3 Å². The maximum Gasteiger partial charge on any atom is 0.228 e. The molecule has 1 saturated carbocycles. The van der Waals surface area contributed by atoms with Crippen LogP contribution in [-0.4, -0.2) is 35.9 Å². The van der Waals surface area contributed by atoms with Crippen molar-refractivity contribution >= 4 is 11.7 Å². The van der Waals surface area contributed by atoms with E-state index in [9.17, 15) is 4.79 Å². The number of H-pyrrole nitrogens is 1. The van der Waals surface area contributed by atoms with E-state index in [0.717, 1.165) is 5.69 Å². The van der Waals surface area contributed by atoms with Gasteiger partial charge < -0.3 is 15.8 Å². The van der Waals surface area contributed by atoms with Gasteiger partial charge in [-0.3, -0.25) is 9.89 Å². The van der Waals surface area contributed by atoms with Gasteiger partial charge in [-0.15, -0.1) is 0 Å². The first-order chi connectivity index (χ1) is 10.2. The van der Waals surface area contributed by atoms with Gasteiger partial charge in [0.1, 0.15) is 0 Å². The molecule has 1 aliphatic rings. The predicted octanol–water partition coefficient (Wildman–Crippen LogP) is 2.15. The molecule has 21 heavy (non-hydrogen) atoms. The van der Waals surface area contributed by atoms with Gasteiger partial charge in [-0.05, 0) is 12.8 Å². The Morgan fingerprint density at radius 2 is 2.19 bits per heavy atom. The number of nitrogens with two attached hydrogens (primary N) is 1. The van der Waals surface area contributed by atoms with Gasteiger partial charge in [0.05, 0.1) is 12.5 Å². The summed E-state index contributed by atoms with van der Waals surface area (Å²) in [5.74, 6) is 1.01. The molecule has 4 N–H and O–H groups in total. The number of carbonyl (C=O) groups excluding carboxylic acids is 1. The van der Waals surface area contributed by atoms with Gasteiger partial charge >= 0.3 is 0 Å². The topological polar surface area (TPSA) is 93.0 Å². The molecule has 1 atom stereocenters. The van der Waals surface area contributed by atoms with Crippen LogP contribution >= 0.6 is 0 Å². The molecule has 1 aromatic rings. The zero-order chi connectivity index (χ0) is 15.1. The number of aromatic nitrogens is 2. The van der Waals surface area contributed by atoms with E-state index in [1.165, 1.54) is 38.5 Å². The van der Waals surface area contributed by atoms with Gasteiger partial charge in [-0.1, -0.05) is 25.7 Å². The fraction of sp³-hybridized carbons (Fsp3) is 0.733. The molecule has 1 amide bonds. The maximum absolute atomic E-state index is 11.9. The van der Waals surface area contributed by atoms with Gasteiger partial charge in [0.2, 0.25) is 5.91 Å². The highest BCUT2D eigenvalue weighted by molar-refractivity contribution is 5.90. The number of aromatic amines is 1. The molecule has 0 aliphatic heterocycles. The van der Waals surface area contributed by atoms with Crippen LogP contribution in [0.4, 0.5) is 5.82 Å². The Labute approximate surface area is 125 Å². The minimum Gasteiger partial charge on any atom is -0.380 e. The Kier molecular flexibility index (Phi) is 6.20. The van der Waals surface area contributed by atoms with E-state index in [4.69, 9.17) is 10.5 Å². The summed E-state index contributed by atoms with van der Waals surface area (Å²) in [5, 5.41) is 10.1. The lowest BCUT2D eigenvalue weighted by Gasteiger charge is -2.11. The number of hydrogen-bond acceptors (Lipinski definition) is 4. The van der Waals surface area contributed by atoms with Gasteiger partial charge in [-0.2, -0.15) is 5.10 Å². The fourth-order valence-electron chi connectivity index (χ4n) is 2.86. The molecule has 1 heterocycles. The normalized spacial score (nSPS) is 18.2. The van der Waals surface area contributed by atoms with E-state index in [2.05, 4.69) is 15.5 Å². The third kappa shape index (κ3) is 4.82. The first-order valence-electron chi connectivity index (χ1n) is 7.81. The lowest BCUT2D eigenvalue weighted by molar-refractivity contribution is -0.118. The van der Waals surface area contributed by atoms with E-state index in [1.807, 2.05) is 6.07 Å². The van der Waals surface area contributed by atoms with Crippen molar-refractivity contribution < 1.29 is 9.53 Å². The molecule has 0 aromatic carbocycles. The second-order valence-corrected chi connectivity index (χ2v) is 5.74. The second kappa shape index (κ2) is 8.14. The van der Waals surface area contributed by atoms with Crippen LogP contribution in [0.5, 0.6) is 0 Å². The molecule has 0 bridgehead atoms. The average molecular weight is 294 g/mol. The van der Waals surface area contributed by atoms with Crippen LogP contribution in [-0.2, 0) is 9.53 Å². The molecule has 118 valence electrons. The van der Waals surface area contributed by atoms with Crippen LogP contribution in [0.2, 0.25) is 0 Å². The number of methoxy groups -OCH3 is 1. The molecule has 6 nitrogen and oxygen atoms in total. The molecule has 1 unspecified atom stereocenters. The largest absolute Gasteiger partial charge is 0.380 e. The maximum atomic E-state index is 11.9. The molecule has 0 saturated heterocycles. The third-order valence-corrected chi connectivity index (χ3v) is 4.17. The summed E-state index contributed by atoms with van der Waals surface area (Å²) < 4.78 is 5.11. The van der Waals surface area contributed by atoms with E-state index in [1.54, 1.807) is 7.11 Å². The van der Waals surface area contributed by atoms with Crippen molar-refractivity contribution in [1.29, 1.82) is 0 Å². The molecule has 0 radical (unpaired) electrons. The summed E-state index contributed by atoms with van der Waals surface area (Å²) in [4.78, 5) is 11.9. The monoisotopic (exact) mass is 294 g/mol. The lowest BCUT2D eigenvalue weighted by atomic mass is 9.97. The highest BCUT2D eigenvalue weighted by Gasteiger charge is 2.18. The Bertz CT molecular complexity index is 435. The summed E-state index contributed by atoms with van der Waals surface area (Å²) in [6.45, 7) is 0.331. The minimum atomic E-state index is -0.245. The number of hydrogen-bond donors (Lipinski definition) is 3. The zero-order valence-electron chi connectivity index (χ0n) is 12.7. The Morgan fingerprint density at radius 3 is 2.81 bits per heavy atom. The Morgan fingerprint density at radius 1 is 1.48 bits per heavy atom. The lowest BCUT2D eigenvalue weighted by Crippen LogP contribution is -2.28. The van der Waals surface area contributed by atoms with Gasteiger partial charge in [0.25, 0.3) is 0 Å². The highest BCUT2D eigenvalue weighted by atomic mass is 16.5. The van der Waals surface area contributed by atoms with Crippen molar-refractivity contribution in [3.63, 3.8) is 0 Å². The van der Waals surface area contributed by atoms with E-state index in [-0.39, 0.29) is 18.4 Å². The number of amides is 1.